The lowest BCUT2D eigenvalue weighted by molar-refractivity contribution is 0.0696. The number of imidazole rings is 1. The van der Waals surface area contributed by atoms with Crippen molar-refractivity contribution in [3.05, 3.63) is 48.3 Å². The van der Waals surface area contributed by atoms with E-state index in [2.05, 4.69) is 15.6 Å². The Labute approximate surface area is 119 Å². The molecule has 110 valence electrons. The largest absolute Gasteiger partial charge is 0.478 e. The molecule has 0 fully saturated rings. The molecule has 3 N–H and O–H groups in total. The Bertz CT molecular complexity index is 643. The molecule has 7 nitrogen and oxygen atoms in total. The Balaban J connectivity index is 1.86. The summed E-state index contributed by atoms with van der Waals surface area (Å²) in [6.07, 6.45) is 4.99. The number of hydrogen-bond acceptors (Lipinski definition) is 3. The Morgan fingerprint density at radius 1 is 1.38 bits per heavy atom. The zero-order valence-corrected chi connectivity index (χ0v) is 10.9. The number of anilines is 1. The van der Waals surface area contributed by atoms with Crippen molar-refractivity contribution in [2.75, 3.05) is 11.9 Å². The molecule has 0 bridgehead atoms. The number of carbonyl (C=O) groups excluding carboxylic acids is 1. The van der Waals surface area contributed by atoms with E-state index in [4.69, 9.17) is 5.11 Å². The smallest absolute Gasteiger partial charge is 0.335 e. The molecule has 0 spiro atoms. The monoisotopic (exact) mass is 292 g/mol. The highest BCUT2D eigenvalue weighted by Crippen LogP contribution is 2.15. The summed E-state index contributed by atoms with van der Waals surface area (Å²) in [4.78, 5) is 26.1. The Hall–Kier alpha value is -2.90. The van der Waals surface area contributed by atoms with Gasteiger partial charge in [-0.15, -0.1) is 0 Å². The summed E-state index contributed by atoms with van der Waals surface area (Å²) < 4.78 is 15.4. The van der Waals surface area contributed by atoms with Gasteiger partial charge in [0, 0.05) is 25.5 Å². The predicted molar refractivity (Wildman–Crippen MR) is 72.6 cm³/mol. The highest BCUT2D eigenvalue weighted by atomic mass is 19.1. The van der Waals surface area contributed by atoms with Crippen molar-refractivity contribution in [1.82, 2.24) is 14.9 Å². The molecule has 0 aliphatic carbocycles. The van der Waals surface area contributed by atoms with Crippen LogP contribution in [0.4, 0.5) is 14.9 Å². The number of benzene rings is 1. The van der Waals surface area contributed by atoms with Crippen molar-refractivity contribution in [3.8, 4) is 0 Å². The molecule has 0 aliphatic rings. The lowest BCUT2D eigenvalue weighted by atomic mass is 10.2. The van der Waals surface area contributed by atoms with Gasteiger partial charge >= 0.3 is 12.0 Å². The maximum atomic E-state index is 13.6. The van der Waals surface area contributed by atoms with Crippen molar-refractivity contribution in [2.24, 2.45) is 0 Å². The van der Waals surface area contributed by atoms with E-state index in [1.54, 1.807) is 23.3 Å². The number of nitrogens with zero attached hydrogens (tertiary/aromatic N) is 2. The third kappa shape index (κ3) is 4.03. The van der Waals surface area contributed by atoms with Gasteiger partial charge in [0.05, 0.1) is 17.6 Å². The van der Waals surface area contributed by atoms with Gasteiger partial charge in [0.2, 0.25) is 0 Å². The van der Waals surface area contributed by atoms with E-state index in [9.17, 15) is 14.0 Å². The molecule has 0 unspecified atom stereocenters. The first-order valence-corrected chi connectivity index (χ1v) is 6.09. The van der Waals surface area contributed by atoms with E-state index in [1.165, 1.54) is 12.1 Å². The number of halogens is 1. The first-order chi connectivity index (χ1) is 10.1. The Morgan fingerprint density at radius 2 is 2.19 bits per heavy atom. The second kappa shape index (κ2) is 6.51. The fraction of sp³-hybridized carbons (Fsp3) is 0.154. The van der Waals surface area contributed by atoms with Gasteiger partial charge < -0.3 is 20.3 Å². The van der Waals surface area contributed by atoms with Gasteiger partial charge in [0.15, 0.2) is 0 Å². The van der Waals surface area contributed by atoms with Crippen LogP contribution in [0.5, 0.6) is 0 Å². The number of aromatic nitrogens is 2. The standard InChI is InChI=1S/C13H13FN4O3/c14-10-7-9(12(19)20)1-2-11(10)17-13(21)16-4-6-18-5-3-15-8-18/h1-3,5,7-8H,4,6H2,(H,19,20)(H2,16,17,21). The van der Waals surface area contributed by atoms with Gasteiger partial charge in [-0.3, -0.25) is 0 Å². The summed E-state index contributed by atoms with van der Waals surface area (Å²) in [6, 6.07) is 2.70. The van der Waals surface area contributed by atoms with Crippen molar-refractivity contribution in [2.45, 2.75) is 6.54 Å². The van der Waals surface area contributed by atoms with Gasteiger partial charge in [-0.25, -0.2) is 19.0 Å². The average Bonchev–Trinajstić information content (AvgIpc) is 2.94. The van der Waals surface area contributed by atoms with Crippen LogP contribution in [0.15, 0.2) is 36.9 Å². The highest BCUT2D eigenvalue weighted by Gasteiger charge is 2.10. The van der Waals surface area contributed by atoms with Crippen LogP contribution < -0.4 is 10.6 Å². The van der Waals surface area contributed by atoms with Gasteiger partial charge in [0.1, 0.15) is 5.82 Å². The van der Waals surface area contributed by atoms with Gasteiger partial charge in [-0.05, 0) is 18.2 Å². The molecule has 21 heavy (non-hydrogen) atoms. The fourth-order valence-electron chi connectivity index (χ4n) is 1.63. The van der Waals surface area contributed by atoms with Crippen molar-refractivity contribution in [3.63, 3.8) is 0 Å². The quantitative estimate of drug-likeness (QED) is 0.779. The summed E-state index contributed by atoms with van der Waals surface area (Å²) in [7, 11) is 0. The minimum absolute atomic E-state index is 0.0832. The number of hydrogen-bond donors (Lipinski definition) is 3. The molecular formula is C13H13FN4O3. The number of urea groups is 1. The molecule has 1 aromatic carbocycles. The van der Waals surface area contributed by atoms with E-state index >= 15 is 0 Å². The SMILES string of the molecule is O=C(NCCn1ccnc1)Nc1ccc(C(=O)O)cc1F. The molecule has 2 amide bonds. The third-order valence-electron chi connectivity index (χ3n) is 2.68. The Morgan fingerprint density at radius 3 is 2.81 bits per heavy atom. The van der Waals surface area contributed by atoms with Gasteiger partial charge in [-0.2, -0.15) is 0 Å². The van der Waals surface area contributed by atoms with Crippen LogP contribution in [0.2, 0.25) is 0 Å². The number of carboxylic acid groups (broad SMARTS) is 1. The molecule has 0 saturated heterocycles. The number of rotatable bonds is 5. The molecular weight excluding hydrogens is 279 g/mol. The van der Waals surface area contributed by atoms with Crippen LogP contribution >= 0.6 is 0 Å². The van der Waals surface area contributed by atoms with Crippen molar-refractivity contribution in [1.29, 1.82) is 0 Å². The average molecular weight is 292 g/mol. The number of carboxylic acids is 1. The van der Waals surface area contributed by atoms with Crippen LogP contribution in [0.25, 0.3) is 0 Å². The second-order valence-corrected chi connectivity index (χ2v) is 4.18. The molecule has 1 heterocycles. The predicted octanol–water partition coefficient (Wildman–Crippen LogP) is 1.54. The number of carbonyl (C=O) groups is 2. The molecule has 2 aromatic rings. The Kier molecular flexibility index (Phi) is 4.50. The second-order valence-electron chi connectivity index (χ2n) is 4.18. The van der Waals surface area contributed by atoms with E-state index in [0.717, 1.165) is 6.07 Å². The summed E-state index contributed by atoms with van der Waals surface area (Å²) in [5.41, 5.74) is -0.265. The van der Waals surface area contributed by atoms with Crippen LogP contribution in [-0.4, -0.2) is 33.2 Å². The minimum atomic E-state index is -1.23. The topological polar surface area (TPSA) is 96.3 Å². The first-order valence-electron chi connectivity index (χ1n) is 6.09. The highest BCUT2D eigenvalue weighted by molar-refractivity contribution is 5.91. The van der Waals surface area contributed by atoms with Gasteiger partial charge in [-0.1, -0.05) is 0 Å². The fourth-order valence-corrected chi connectivity index (χ4v) is 1.63. The molecule has 0 aliphatic heterocycles. The number of nitrogens with one attached hydrogen (secondary N) is 2. The molecule has 0 radical (unpaired) electrons. The van der Waals surface area contributed by atoms with E-state index in [1.807, 2.05) is 0 Å². The molecule has 8 heteroatoms. The first kappa shape index (κ1) is 14.5. The normalized spacial score (nSPS) is 10.1. The lowest BCUT2D eigenvalue weighted by Gasteiger charge is -2.09. The molecule has 0 saturated carbocycles. The van der Waals surface area contributed by atoms with E-state index < -0.39 is 17.8 Å². The summed E-state index contributed by atoms with van der Waals surface area (Å²) >= 11 is 0. The zero-order chi connectivity index (χ0) is 15.2. The molecule has 1 aromatic heterocycles. The number of amides is 2. The number of aromatic carboxylic acids is 1. The summed E-state index contributed by atoms with van der Waals surface area (Å²) in [6.45, 7) is 0.880. The van der Waals surface area contributed by atoms with Crippen molar-refractivity contribution >= 4 is 17.7 Å². The minimum Gasteiger partial charge on any atom is -0.478 e. The summed E-state index contributed by atoms with van der Waals surface area (Å²) in [5.74, 6) is -2.04. The molecule has 2 rings (SSSR count). The lowest BCUT2D eigenvalue weighted by Crippen LogP contribution is -2.31. The van der Waals surface area contributed by atoms with Crippen LogP contribution in [0.3, 0.4) is 0 Å². The maximum Gasteiger partial charge on any atom is 0.335 e. The third-order valence-corrected chi connectivity index (χ3v) is 2.68. The van der Waals surface area contributed by atoms with Crippen LogP contribution in [0.1, 0.15) is 10.4 Å². The van der Waals surface area contributed by atoms with Crippen LogP contribution in [0, 0.1) is 5.82 Å². The van der Waals surface area contributed by atoms with E-state index in [0.29, 0.717) is 13.1 Å². The van der Waals surface area contributed by atoms with Crippen LogP contribution in [-0.2, 0) is 6.54 Å². The zero-order valence-electron chi connectivity index (χ0n) is 10.9. The molecule has 0 atom stereocenters. The van der Waals surface area contributed by atoms with Crippen molar-refractivity contribution < 1.29 is 19.1 Å². The maximum absolute atomic E-state index is 13.6. The summed E-state index contributed by atoms with van der Waals surface area (Å²) in [5, 5.41) is 13.6. The van der Waals surface area contributed by atoms with Gasteiger partial charge in [0.25, 0.3) is 0 Å². The van der Waals surface area contributed by atoms with E-state index in [-0.39, 0.29) is 11.3 Å².